The van der Waals surface area contributed by atoms with Crippen LogP contribution in [0.5, 0.6) is 0 Å². The third kappa shape index (κ3) is 18.3. The minimum atomic E-state index is 0.0117. The highest BCUT2D eigenvalue weighted by atomic mass is 16.5. The summed E-state index contributed by atoms with van der Waals surface area (Å²) in [4.78, 5) is 11.7. The van der Waals surface area contributed by atoms with Gasteiger partial charge in [0.25, 0.3) is 0 Å². The number of rotatable bonds is 20. The van der Waals surface area contributed by atoms with Crippen LogP contribution in [0.2, 0.25) is 0 Å². The van der Waals surface area contributed by atoms with Gasteiger partial charge in [-0.05, 0) is 25.2 Å². The molecule has 0 N–H and O–H groups in total. The number of hydrogen-bond acceptors (Lipinski definition) is 2. The Hall–Kier alpha value is -0.530. The van der Waals surface area contributed by atoms with E-state index in [9.17, 15) is 4.79 Å². The highest BCUT2D eigenvalue weighted by Gasteiger charge is 2.05. The second-order valence-electron chi connectivity index (χ2n) is 8.04. The van der Waals surface area contributed by atoms with Crippen LogP contribution >= 0.6 is 0 Å². The molecule has 156 valence electrons. The maximum atomic E-state index is 11.7. The van der Waals surface area contributed by atoms with Crippen LogP contribution in [0, 0.1) is 5.92 Å². The fraction of sp³-hybridized carbons (Fsp3) is 0.958. The molecule has 26 heavy (non-hydrogen) atoms. The van der Waals surface area contributed by atoms with Crippen molar-refractivity contribution in [1.29, 1.82) is 0 Å². The lowest BCUT2D eigenvalue weighted by Gasteiger charge is -2.11. The molecule has 0 spiro atoms. The molecular weight excluding hydrogens is 320 g/mol. The molecule has 0 aromatic carbocycles. The number of unbranched alkanes of at least 4 members (excludes halogenated alkanes) is 12. The average Bonchev–Trinajstić information content (AvgIpc) is 2.65. The largest absolute Gasteiger partial charge is 0.466 e. The van der Waals surface area contributed by atoms with Gasteiger partial charge in [0.15, 0.2) is 0 Å². The Kier molecular flexibility index (Phi) is 20.4. The minimum Gasteiger partial charge on any atom is -0.466 e. The van der Waals surface area contributed by atoms with Crippen LogP contribution in [-0.2, 0) is 9.53 Å². The molecule has 0 aliphatic heterocycles. The van der Waals surface area contributed by atoms with E-state index in [1.807, 2.05) is 0 Å². The number of carbonyl (C=O) groups excluding carboxylic acids is 1. The molecule has 0 atom stereocenters. The summed E-state index contributed by atoms with van der Waals surface area (Å²) >= 11 is 0. The van der Waals surface area contributed by atoms with Gasteiger partial charge >= 0.3 is 5.97 Å². The van der Waals surface area contributed by atoms with Gasteiger partial charge in [-0.3, -0.25) is 4.79 Å². The lowest BCUT2D eigenvalue weighted by atomic mass is 9.98. The molecule has 0 fully saturated rings. The summed E-state index contributed by atoms with van der Waals surface area (Å²) in [5.74, 6) is 0.812. The molecule has 0 saturated heterocycles. The third-order valence-corrected chi connectivity index (χ3v) is 5.66. The van der Waals surface area contributed by atoms with Gasteiger partial charge in [0.1, 0.15) is 0 Å². The van der Waals surface area contributed by atoms with Crippen molar-refractivity contribution in [3.63, 3.8) is 0 Å². The summed E-state index contributed by atoms with van der Waals surface area (Å²) in [6.45, 7) is 7.39. The van der Waals surface area contributed by atoms with E-state index in [2.05, 4.69) is 20.8 Å². The van der Waals surface area contributed by atoms with Gasteiger partial charge in [0.2, 0.25) is 0 Å². The summed E-state index contributed by atoms with van der Waals surface area (Å²) in [6, 6.07) is 0. The molecule has 0 rings (SSSR count). The normalized spacial score (nSPS) is 11.2. The molecule has 0 unspecified atom stereocenters. The van der Waals surface area contributed by atoms with Crippen molar-refractivity contribution in [3.8, 4) is 0 Å². The quantitative estimate of drug-likeness (QED) is 0.160. The van der Waals surface area contributed by atoms with Crippen LogP contribution in [0.3, 0.4) is 0 Å². The number of esters is 1. The lowest BCUT2D eigenvalue weighted by molar-refractivity contribution is -0.144. The molecule has 0 saturated carbocycles. The first-order chi connectivity index (χ1) is 12.7. The van der Waals surface area contributed by atoms with Gasteiger partial charge < -0.3 is 4.74 Å². The third-order valence-electron chi connectivity index (χ3n) is 5.66. The molecule has 0 aromatic rings. The van der Waals surface area contributed by atoms with Crippen molar-refractivity contribution in [2.45, 2.75) is 136 Å². The summed E-state index contributed by atoms with van der Waals surface area (Å²) in [6.07, 6.45) is 22.7. The summed E-state index contributed by atoms with van der Waals surface area (Å²) in [7, 11) is 0. The van der Waals surface area contributed by atoms with E-state index in [0.29, 0.717) is 13.0 Å². The lowest BCUT2D eigenvalue weighted by Crippen LogP contribution is -2.07. The van der Waals surface area contributed by atoms with Crippen molar-refractivity contribution in [2.24, 2.45) is 5.92 Å². The van der Waals surface area contributed by atoms with Crippen LogP contribution in [0.4, 0.5) is 0 Å². The van der Waals surface area contributed by atoms with E-state index in [-0.39, 0.29) is 5.97 Å². The zero-order valence-corrected chi connectivity index (χ0v) is 18.3. The highest BCUT2D eigenvalue weighted by molar-refractivity contribution is 5.69. The van der Waals surface area contributed by atoms with Crippen molar-refractivity contribution in [1.82, 2.24) is 0 Å². The van der Waals surface area contributed by atoms with Gasteiger partial charge in [-0.1, -0.05) is 111 Å². The Bertz CT molecular complexity index is 284. The summed E-state index contributed by atoms with van der Waals surface area (Å²) < 4.78 is 5.35. The van der Waals surface area contributed by atoms with Crippen LogP contribution < -0.4 is 0 Å². The van der Waals surface area contributed by atoms with Crippen molar-refractivity contribution in [2.75, 3.05) is 6.61 Å². The molecule has 0 aliphatic rings. The van der Waals surface area contributed by atoms with E-state index < -0.39 is 0 Å². The standard InChI is InChI=1S/C24H48O2/c1-4-7-8-9-10-11-12-13-14-15-16-17-18-21-24(25)26-22-19-20-23(5-2)6-3/h23H,4-22H2,1-3H3. The molecule has 0 amide bonds. The Balaban J connectivity index is 3.21. The predicted molar refractivity (Wildman–Crippen MR) is 115 cm³/mol. The molecule has 0 radical (unpaired) electrons. The monoisotopic (exact) mass is 368 g/mol. The predicted octanol–water partition coefficient (Wildman–Crippen LogP) is 8.23. The molecule has 2 nitrogen and oxygen atoms in total. The number of ether oxygens (including phenoxy) is 1. The van der Waals surface area contributed by atoms with Gasteiger partial charge in [-0.25, -0.2) is 0 Å². The minimum absolute atomic E-state index is 0.0117. The van der Waals surface area contributed by atoms with E-state index in [1.54, 1.807) is 0 Å². The zero-order valence-electron chi connectivity index (χ0n) is 18.3. The summed E-state index contributed by atoms with van der Waals surface area (Å²) in [5, 5.41) is 0. The highest BCUT2D eigenvalue weighted by Crippen LogP contribution is 2.15. The van der Waals surface area contributed by atoms with Gasteiger partial charge in [-0.15, -0.1) is 0 Å². The fourth-order valence-corrected chi connectivity index (χ4v) is 3.61. The smallest absolute Gasteiger partial charge is 0.305 e. The number of hydrogen-bond donors (Lipinski definition) is 0. The van der Waals surface area contributed by atoms with Crippen molar-refractivity contribution < 1.29 is 9.53 Å². The van der Waals surface area contributed by atoms with Crippen LogP contribution in [-0.4, -0.2) is 12.6 Å². The molecule has 0 bridgehead atoms. The molecule has 0 aromatic heterocycles. The zero-order chi connectivity index (χ0) is 19.3. The Labute approximate surface area is 164 Å². The van der Waals surface area contributed by atoms with E-state index in [1.165, 1.54) is 96.3 Å². The Morgan fingerprint density at radius 1 is 0.654 bits per heavy atom. The van der Waals surface area contributed by atoms with Crippen LogP contribution in [0.25, 0.3) is 0 Å². The first kappa shape index (κ1) is 25.5. The SMILES string of the molecule is CCCCCCCCCCCCCCCC(=O)OCCCC(CC)CC. The van der Waals surface area contributed by atoms with Crippen LogP contribution in [0.1, 0.15) is 136 Å². The summed E-state index contributed by atoms with van der Waals surface area (Å²) in [5.41, 5.74) is 0. The molecular formula is C24H48O2. The maximum Gasteiger partial charge on any atom is 0.305 e. The Morgan fingerprint density at radius 2 is 1.12 bits per heavy atom. The fourth-order valence-electron chi connectivity index (χ4n) is 3.61. The van der Waals surface area contributed by atoms with Crippen LogP contribution in [0.15, 0.2) is 0 Å². The molecule has 0 heterocycles. The number of carbonyl (C=O) groups is 1. The van der Waals surface area contributed by atoms with Gasteiger partial charge in [-0.2, -0.15) is 0 Å². The molecule has 2 heteroatoms. The van der Waals surface area contributed by atoms with Gasteiger partial charge in [0.05, 0.1) is 6.61 Å². The van der Waals surface area contributed by atoms with E-state index >= 15 is 0 Å². The van der Waals surface area contributed by atoms with E-state index in [0.717, 1.165) is 18.8 Å². The first-order valence-electron chi connectivity index (χ1n) is 11.9. The van der Waals surface area contributed by atoms with E-state index in [4.69, 9.17) is 4.74 Å². The van der Waals surface area contributed by atoms with Gasteiger partial charge in [0, 0.05) is 6.42 Å². The van der Waals surface area contributed by atoms with Crippen molar-refractivity contribution in [3.05, 3.63) is 0 Å². The maximum absolute atomic E-state index is 11.7. The topological polar surface area (TPSA) is 26.3 Å². The van der Waals surface area contributed by atoms with Crippen molar-refractivity contribution >= 4 is 5.97 Å². The second-order valence-corrected chi connectivity index (χ2v) is 8.04. The molecule has 0 aliphatic carbocycles. The Morgan fingerprint density at radius 3 is 1.58 bits per heavy atom. The average molecular weight is 369 g/mol. The first-order valence-corrected chi connectivity index (χ1v) is 11.9. The second kappa shape index (κ2) is 20.8.